The molecule has 0 spiro atoms. The van der Waals surface area contributed by atoms with Crippen LogP contribution in [0.15, 0.2) is 23.1 Å². The molecule has 1 N–H and O–H groups in total. The van der Waals surface area contributed by atoms with Crippen LogP contribution in [0, 0.1) is 0 Å². The van der Waals surface area contributed by atoms with Crippen LogP contribution in [-0.2, 0) is 26.0 Å². The standard InChI is InChI=1S/C18H25N3O4S2/c1-12(22)20-8-7-13-9-14(5-6-15(13)20)27(24,25)21-11-26-10-16(21)17(23)19-18(2,3)4/h5-6,9,16H,7-8,10-11H2,1-4H3,(H,19,23). The third-order valence-electron chi connectivity index (χ3n) is 4.58. The third kappa shape index (κ3) is 4.00. The molecule has 27 heavy (non-hydrogen) atoms. The van der Waals surface area contributed by atoms with Crippen LogP contribution < -0.4 is 10.2 Å². The molecule has 7 nitrogen and oxygen atoms in total. The molecule has 148 valence electrons. The van der Waals surface area contributed by atoms with Crippen LogP contribution in [0.3, 0.4) is 0 Å². The van der Waals surface area contributed by atoms with E-state index in [4.69, 9.17) is 0 Å². The van der Waals surface area contributed by atoms with Gasteiger partial charge in [0, 0.05) is 30.4 Å². The summed E-state index contributed by atoms with van der Waals surface area (Å²) >= 11 is 1.43. The maximum atomic E-state index is 13.2. The highest BCUT2D eigenvalue weighted by atomic mass is 32.2. The number of carbonyl (C=O) groups is 2. The first-order valence-corrected chi connectivity index (χ1v) is 11.4. The minimum atomic E-state index is -3.80. The number of rotatable bonds is 3. The van der Waals surface area contributed by atoms with Gasteiger partial charge in [0.1, 0.15) is 6.04 Å². The molecule has 0 saturated carbocycles. The molecule has 2 aliphatic heterocycles. The minimum Gasteiger partial charge on any atom is -0.350 e. The molecule has 1 atom stereocenters. The van der Waals surface area contributed by atoms with Gasteiger partial charge in [-0.15, -0.1) is 11.8 Å². The van der Waals surface area contributed by atoms with Gasteiger partial charge in [-0.25, -0.2) is 8.42 Å². The summed E-state index contributed by atoms with van der Waals surface area (Å²) in [7, 11) is -3.80. The highest BCUT2D eigenvalue weighted by Crippen LogP contribution is 2.34. The van der Waals surface area contributed by atoms with E-state index in [2.05, 4.69) is 5.32 Å². The predicted octanol–water partition coefficient (Wildman–Crippen LogP) is 1.57. The number of nitrogens with one attached hydrogen (secondary N) is 1. The summed E-state index contributed by atoms with van der Waals surface area (Å²) in [6.07, 6.45) is 0.626. The highest BCUT2D eigenvalue weighted by Gasteiger charge is 2.41. The lowest BCUT2D eigenvalue weighted by Crippen LogP contribution is -2.52. The number of amides is 2. The van der Waals surface area contributed by atoms with Crippen LogP contribution in [0.1, 0.15) is 33.3 Å². The topological polar surface area (TPSA) is 86.8 Å². The van der Waals surface area contributed by atoms with Crippen molar-refractivity contribution in [1.29, 1.82) is 0 Å². The number of benzene rings is 1. The molecule has 0 aliphatic carbocycles. The van der Waals surface area contributed by atoms with Crippen molar-refractivity contribution in [1.82, 2.24) is 9.62 Å². The number of sulfonamides is 1. The Morgan fingerprint density at radius 2 is 1.96 bits per heavy atom. The molecule has 0 radical (unpaired) electrons. The van der Waals surface area contributed by atoms with Crippen molar-refractivity contribution in [2.24, 2.45) is 0 Å². The van der Waals surface area contributed by atoms with E-state index in [1.165, 1.54) is 29.1 Å². The summed E-state index contributed by atoms with van der Waals surface area (Å²) in [6.45, 7) is 7.66. The molecule has 2 heterocycles. The van der Waals surface area contributed by atoms with E-state index in [9.17, 15) is 18.0 Å². The van der Waals surface area contributed by atoms with Crippen molar-refractivity contribution in [3.63, 3.8) is 0 Å². The molecule has 2 amide bonds. The number of thioether (sulfide) groups is 1. The normalized spacial score (nSPS) is 20.6. The second-order valence-corrected chi connectivity index (χ2v) is 10.7. The number of hydrogen-bond acceptors (Lipinski definition) is 5. The summed E-state index contributed by atoms with van der Waals surface area (Å²) in [4.78, 5) is 26.1. The van der Waals surface area contributed by atoms with E-state index in [-0.39, 0.29) is 22.6 Å². The Hall–Kier alpha value is -1.58. The van der Waals surface area contributed by atoms with Gasteiger partial charge in [0.05, 0.1) is 10.8 Å². The second-order valence-electron chi connectivity index (χ2n) is 7.86. The summed E-state index contributed by atoms with van der Waals surface area (Å²) in [5.41, 5.74) is 1.18. The molecule has 2 aliphatic rings. The van der Waals surface area contributed by atoms with Crippen LogP contribution in [-0.4, -0.2) is 54.3 Å². The van der Waals surface area contributed by atoms with E-state index in [1.54, 1.807) is 17.0 Å². The molecule has 1 saturated heterocycles. The van der Waals surface area contributed by atoms with E-state index in [1.807, 2.05) is 20.8 Å². The average Bonchev–Trinajstić information content (AvgIpc) is 3.19. The molecule has 1 fully saturated rings. The van der Waals surface area contributed by atoms with Crippen LogP contribution in [0.2, 0.25) is 0 Å². The average molecular weight is 412 g/mol. The Morgan fingerprint density at radius 1 is 1.26 bits per heavy atom. The molecule has 0 bridgehead atoms. The maximum absolute atomic E-state index is 13.2. The lowest BCUT2D eigenvalue weighted by atomic mass is 10.1. The van der Waals surface area contributed by atoms with E-state index < -0.39 is 21.6 Å². The zero-order valence-electron chi connectivity index (χ0n) is 16.0. The van der Waals surface area contributed by atoms with Crippen LogP contribution in [0.4, 0.5) is 5.69 Å². The molecule has 1 aromatic rings. The maximum Gasteiger partial charge on any atom is 0.244 e. The van der Waals surface area contributed by atoms with Gasteiger partial charge in [-0.2, -0.15) is 4.31 Å². The van der Waals surface area contributed by atoms with Crippen molar-refractivity contribution in [3.8, 4) is 0 Å². The second kappa shape index (κ2) is 7.10. The SMILES string of the molecule is CC(=O)N1CCc2cc(S(=O)(=O)N3CSCC3C(=O)NC(C)(C)C)ccc21. The minimum absolute atomic E-state index is 0.0563. The van der Waals surface area contributed by atoms with E-state index in [0.29, 0.717) is 18.7 Å². The lowest BCUT2D eigenvalue weighted by Gasteiger charge is -2.27. The van der Waals surface area contributed by atoms with E-state index in [0.717, 1.165) is 11.3 Å². The summed E-state index contributed by atoms with van der Waals surface area (Å²) in [5.74, 6) is 0.352. The zero-order chi connectivity index (χ0) is 20.0. The fourth-order valence-corrected chi connectivity index (χ4v) is 6.52. The summed E-state index contributed by atoms with van der Waals surface area (Å²) < 4.78 is 27.6. The number of anilines is 1. The summed E-state index contributed by atoms with van der Waals surface area (Å²) in [6, 6.07) is 4.12. The van der Waals surface area contributed by atoms with Crippen LogP contribution in [0.5, 0.6) is 0 Å². The number of hydrogen-bond donors (Lipinski definition) is 1. The molecule has 9 heteroatoms. The first-order chi connectivity index (χ1) is 12.5. The number of carbonyl (C=O) groups excluding carboxylic acids is 2. The summed E-state index contributed by atoms with van der Waals surface area (Å²) in [5, 5.41) is 2.87. The largest absolute Gasteiger partial charge is 0.350 e. The van der Waals surface area contributed by atoms with Gasteiger partial charge in [-0.3, -0.25) is 9.59 Å². The molecule has 1 unspecified atom stereocenters. The first kappa shape index (κ1) is 20.2. The lowest BCUT2D eigenvalue weighted by molar-refractivity contribution is -0.125. The smallest absolute Gasteiger partial charge is 0.244 e. The number of nitrogens with zero attached hydrogens (tertiary/aromatic N) is 2. The molecular weight excluding hydrogens is 386 g/mol. The fourth-order valence-electron chi connectivity index (χ4n) is 3.32. The Bertz CT molecular complexity index is 877. The van der Waals surface area contributed by atoms with Gasteiger partial charge in [0.15, 0.2) is 0 Å². The Balaban J connectivity index is 1.88. The predicted molar refractivity (Wildman–Crippen MR) is 106 cm³/mol. The van der Waals surface area contributed by atoms with Crippen molar-refractivity contribution >= 4 is 39.3 Å². The van der Waals surface area contributed by atoms with Crippen molar-refractivity contribution in [2.45, 2.75) is 50.6 Å². The van der Waals surface area contributed by atoms with Gasteiger partial charge in [-0.05, 0) is 51.0 Å². The van der Waals surface area contributed by atoms with Crippen molar-refractivity contribution in [2.75, 3.05) is 23.1 Å². The van der Waals surface area contributed by atoms with Gasteiger partial charge in [-0.1, -0.05) is 0 Å². The first-order valence-electron chi connectivity index (χ1n) is 8.83. The van der Waals surface area contributed by atoms with Crippen molar-refractivity contribution < 1.29 is 18.0 Å². The molecule has 3 rings (SSSR count). The van der Waals surface area contributed by atoms with Gasteiger partial charge in [0.25, 0.3) is 0 Å². The highest BCUT2D eigenvalue weighted by molar-refractivity contribution is 8.00. The fraction of sp³-hybridized carbons (Fsp3) is 0.556. The Morgan fingerprint density at radius 3 is 2.59 bits per heavy atom. The third-order valence-corrected chi connectivity index (χ3v) is 7.60. The van der Waals surface area contributed by atoms with Gasteiger partial charge >= 0.3 is 0 Å². The zero-order valence-corrected chi connectivity index (χ0v) is 17.6. The quantitative estimate of drug-likeness (QED) is 0.816. The van der Waals surface area contributed by atoms with Crippen molar-refractivity contribution in [3.05, 3.63) is 23.8 Å². The Labute approximate surface area is 164 Å². The van der Waals surface area contributed by atoms with Gasteiger partial charge in [0.2, 0.25) is 21.8 Å². The van der Waals surface area contributed by atoms with Crippen LogP contribution >= 0.6 is 11.8 Å². The molecular formula is C18H25N3O4S2. The van der Waals surface area contributed by atoms with Gasteiger partial charge < -0.3 is 10.2 Å². The molecule has 1 aromatic carbocycles. The van der Waals surface area contributed by atoms with Crippen LogP contribution in [0.25, 0.3) is 0 Å². The molecule has 0 aromatic heterocycles. The van der Waals surface area contributed by atoms with E-state index >= 15 is 0 Å². The monoisotopic (exact) mass is 411 g/mol. The Kier molecular flexibility index (Phi) is 5.31. The number of fused-ring (bicyclic) bond motifs is 1.